The monoisotopic (exact) mass is 288 g/mol. The van der Waals surface area contributed by atoms with E-state index in [-0.39, 0.29) is 11.4 Å². The van der Waals surface area contributed by atoms with E-state index in [1.807, 2.05) is 26.0 Å². The van der Waals surface area contributed by atoms with E-state index < -0.39 is 5.97 Å². The fourth-order valence-corrected chi connectivity index (χ4v) is 2.30. The molecule has 0 saturated heterocycles. The maximum atomic E-state index is 12.0. The summed E-state index contributed by atoms with van der Waals surface area (Å²) in [5.74, 6) is 0.265. The van der Waals surface area contributed by atoms with Crippen molar-refractivity contribution >= 4 is 17.6 Å². The van der Waals surface area contributed by atoms with Crippen LogP contribution in [0.15, 0.2) is 18.2 Å². The minimum absolute atomic E-state index is 0.274. The Morgan fingerprint density at radius 1 is 1.24 bits per heavy atom. The largest absolute Gasteiger partial charge is 0.465 e. The number of aromatic nitrogens is 2. The molecule has 0 radical (unpaired) electrons. The average Bonchev–Trinajstić information content (AvgIpc) is 2.74. The van der Waals surface area contributed by atoms with Crippen LogP contribution in [0.3, 0.4) is 0 Å². The van der Waals surface area contributed by atoms with Gasteiger partial charge in [0.1, 0.15) is 11.4 Å². The second-order valence-corrected chi connectivity index (χ2v) is 5.23. The molecule has 0 amide bonds. The number of hydrogen-bond donors (Lipinski definition) is 1. The molecule has 0 aliphatic heterocycles. The number of rotatable bonds is 3. The number of aryl methyl sites for hydroxylation is 2. The van der Waals surface area contributed by atoms with Crippen molar-refractivity contribution < 1.29 is 9.53 Å². The minimum atomic E-state index is -0.494. The van der Waals surface area contributed by atoms with Crippen LogP contribution >= 0.6 is 0 Å². The van der Waals surface area contributed by atoms with E-state index in [0.29, 0.717) is 5.82 Å². The summed E-state index contributed by atoms with van der Waals surface area (Å²) in [6.45, 7) is 4.01. The molecule has 6 heteroatoms. The van der Waals surface area contributed by atoms with E-state index in [2.05, 4.69) is 11.2 Å². The molecule has 2 rings (SSSR count). The lowest BCUT2D eigenvalue weighted by atomic mass is 10.1. The molecule has 2 N–H and O–H groups in total. The van der Waals surface area contributed by atoms with Crippen LogP contribution in [0.25, 0.3) is 5.69 Å². The Morgan fingerprint density at radius 3 is 2.29 bits per heavy atom. The molecule has 1 aromatic carbocycles. The van der Waals surface area contributed by atoms with E-state index in [9.17, 15) is 4.79 Å². The zero-order valence-electron chi connectivity index (χ0n) is 13.0. The third-order valence-corrected chi connectivity index (χ3v) is 3.17. The van der Waals surface area contributed by atoms with Gasteiger partial charge in [-0.3, -0.25) is 0 Å². The van der Waals surface area contributed by atoms with Gasteiger partial charge >= 0.3 is 5.97 Å². The van der Waals surface area contributed by atoms with Gasteiger partial charge < -0.3 is 15.4 Å². The van der Waals surface area contributed by atoms with E-state index in [0.717, 1.165) is 16.8 Å². The lowest BCUT2D eigenvalue weighted by Gasteiger charge is -2.09. The van der Waals surface area contributed by atoms with Gasteiger partial charge in [-0.1, -0.05) is 6.07 Å². The molecule has 0 atom stereocenters. The first kappa shape index (κ1) is 14.9. The molecule has 0 aliphatic rings. The molecule has 0 unspecified atom stereocenters. The molecule has 0 aliphatic carbocycles. The van der Waals surface area contributed by atoms with Crippen molar-refractivity contribution in [1.29, 1.82) is 0 Å². The van der Waals surface area contributed by atoms with Gasteiger partial charge in [-0.25, -0.2) is 9.48 Å². The number of carbonyl (C=O) groups is 1. The third kappa shape index (κ3) is 2.69. The molecular formula is C15H20N4O2. The predicted molar refractivity (Wildman–Crippen MR) is 83.1 cm³/mol. The number of nitrogen functional groups attached to an aromatic ring is 1. The van der Waals surface area contributed by atoms with E-state index in [1.54, 1.807) is 23.7 Å². The number of benzene rings is 1. The number of nitrogens with zero attached hydrogens (tertiary/aromatic N) is 3. The number of ether oxygens (including phenoxy) is 1. The number of carbonyl (C=O) groups excluding carboxylic acids is 1. The Bertz CT molecular complexity index is 669. The van der Waals surface area contributed by atoms with Gasteiger partial charge in [-0.05, 0) is 37.1 Å². The van der Waals surface area contributed by atoms with Crippen LogP contribution in [-0.4, -0.2) is 37.0 Å². The van der Waals surface area contributed by atoms with Crippen molar-refractivity contribution in [3.8, 4) is 5.69 Å². The molecule has 0 saturated carbocycles. The van der Waals surface area contributed by atoms with Gasteiger partial charge in [0.05, 0.1) is 12.8 Å². The highest BCUT2D eigenvalue weighted by Gasteiger charge is 2.24. The molecule has 2 aromatic rings. The smallest absolute Gasteiger partial charge is 0.345 e. The Balaban J connectivity index is 2.68. The second-order valence-electron chi connectivity index (χ2n) is 5.23. The number of esters is 1. The van der Waals surface area contributed by atoms with Crippen molar-refractivity contribution in [1.82, 2.24) is 9.78 Å². The lowest BCUT2D eigenvalue weighted by Crippen LogP contribution is -2.14. The minimum Gasteiger partial charge on any atom is -0.465 e. The van der Waals surface area contributed by atoms with Crippen molar-refractivity contribution in [3.05, 3.63) is 34.9 Å². The summed E-state index contributed by atoms with van der Waals surface area (Å²) in [5.41, 5.74) is 9.43. The SMILES string of the molecule is COC(=O)c1c(N(C)C)nn(-c2cc(C)cc(C)c2)c1N. The van der Waals surface area contributed by atoms with Crippen molar-refractivity contribution in [2.24, 2.45) is 0 Å². The number of nitrogens with two attached hydrogens (primary N) is 1. The van der Waals surface area contributed by atoms with Gasteiger partial charge in [-0.2, -0.15) is 0 Å². The van der Waals surface area contributed by atoms with Gasteiger partial charge in [0.2, 0.25) is 0 Å². The van der Waals surface area contributed by atoms with Crippen LogP contribution in [0.5, 0.6) is 0 Å². The zero-order chi connectivity index (χ0) is 15.7. The molecular weight excluding hydrogens is 268 g/mol. The first-order valence-corrected chi connectivity index (χ1v) is 6.58. The summed E-state index contributed by atoms with van der Waals surface area (Å²) < 4.78 is 6.38. The molecule has 1 aromatic heterocycles. The highest BCUT2D eigenvalue weighted by atomic mass is 16.5. The van der Waals surface area contributed by atoms with Crippen molar-refractivity contribution in [2.45, 2.75) is 13.8 Å². The fourth-order valence-electron chi connectivity index (χ4n) is 2.30. The van der Waals surface area contributed by atoms with E-state index >= 15 is 0 Å². The summed E-state index contributed by atoms with van der Waals surface area (Å²) in [6, 6.07) is 6.00. The van der Waals surface area contributed by atoms with Crippen LogP contribution < -0.4 is 10.6 Å². The Kier molecular flexibility index (Phi) is 3.88. The van der Waals surface area contributed by atoms with Gasteiger partial charge in [-0.15, -0.1) is 5.10 Å². The van der Waals surface area contributed by atoms with Crippen LogP contribution in [-0.2, 0) is 4.74 Å². The number of hydrogen-bond acceptors (Lipinski definition) is 5. The highest BCUT2D eigenvalue weighted by Crippen LogP contribution is 2.28. The van der Waals surface area contributed by atoms with Crippen LogP contribution in [0.1, 0.15) is 21.5 Å². The molecule has 6 nitrogen and oxygen atoms in total. The molecule has 112 valence electrons. The van der Waals surface area contributed by atoms with Crippen LogP contribution in [0, 0.1) is 13.8 Å². The van der Waals surface area contributed by atoms with E-state index in [1.165, 1.54) is 7.11 Å². The molecule has 21 heavy (non-hydrogen) atoms. The Hall–Kier alpha value is -2.50. The molecule has 0 spiro atoms. The molecule has 0 bridgehead atoms. The second kappa shape index (κ2) is 5.47. The first-order chi connectivity index (χ1) is 9.85. The number of methoxy groups -OCH3 is 1. The quantitative estimate of drug-likeness (QED) is 0.874. The normalized spacial score (nSPS) is 10.5. The van der Waals surface area contributed by atoms with Crippen molar-refractivity contribution in [3.63, 3.8) is 0 Å². The summed E-state index contributed by atoms with van der Waals surface area (Å²) in [7, 11) is 4.94. The van der Waals surface area contributed by atoms with Gasteiger partial charge in [0, 0.05) is 14.1 Å². The summed E-state index contributed by atoms with van der Waals surface area (Å²) in [4.78, 5) is 13.7. The van der Waals surface area contributed by atoms with Crippen LogP contribution in [0.2, 0.25) is 0 Å². The molecule has 0 fully saturated rings. The first-order valence-electron chi connectivity index (χ1n) is 6.58. The topological polar surface area (TPSA) is 73.4 Å². The lowest BCUT2D eigenvalue weighted by molar-refractivity contribution is 0.0602. The summed E-state index contributed by atoms with van der Waals surface area (Å²) in [6.07, 6.45) is 0. The van der Waals surface area contributed by atoms with E-state index in [4.69, 9.17) is 10.5 Å². The number of anilines is 2. The highest BCUT2D eigenvalue weighted by molar-refractivity contribution is 6.00. The molecule has 1 heterocycles. The third-order valence-electron chi connectivity index (χ3n) is 3.17. The fraction of sp³-hybridized carbons (Fsp3) is 0.333. The average molecular weight is 288 g/mol. The zero-order valence-corrected chi connectivity index (χ0v) is 13.0. The van der Waals surface area contributed by atoms with Gasteiger partial charge in [0.15, 0.2) is 5.82 Å². The standard InChI is InChI=1S/C15H20N4O2/c1-9-6-10(2)8-11(7-9)19-13(16)12(15(20)21-5)14(17-19)18(3)4/h6-8H,16H2,1-5H3. The maximum Gasteiger partial charge on any atom is 0.345 e. The van der Waals surface area contributed by atoms with Crippen molar-refractivity contribution in [2.75, 3.05) is 31.8 Å². The summed E-state index contributed by atoms with van der Waals surface area (Å²) >= 11 is 0. The van der Waals surface area contributed by atoms with Gasteiger partial charge in [0.25, 0.3) is 0 Å². The maximum absolute atomic E-state index is 12.0. The summed E-state index contributed by atoms with van der Waals surface area (Å²) in [5, 5.41) is 4.45. The Morgan fingerprint density at radius 2 is 1.81 bits per heavy atom. The van der Waals surface area contributed by atoms with Crippen LogP contribution in [0.4, 0.5) is 11.6 Å². The Labute approximate surface area is 124 Å². The predicted octanol–water partition coefficient (Wildman–Crippen LogP) is 1.92.